The second kappa shape index (κ2) is 2.38. The van der Waals surface area contributed by atoms with Gasteiger partial charge in [0.1, 0.15) is 0 Å². The Morgan fingerprint density at radius 2 is 2.36 bits per heavy atom. The Kier molecular flexibility index (Phi) is 1.39. The number of hydrogen-bond donors (Lipinski definition) is 1. The molecule has 0 aromatic carbocycles. The number of aromatic nitrogens is 1. The lowest BCUT2D eigenvalue weighted by Crippen LogP contribution is -1.94. The first-order chi connectivity index (χ1) is 5.38. The summed E-state index contributed by atoms with van der Waals surface area (Å²) in [5.74, 6) is 0.257. The van der Waals surface area contributed by atoms with E-state index in [0.29, 0.717) is 6.42 Å². The van der Waals surface area contributed by atoms with Crippen LogP contribution in [0.4, 0.5) is 0 Å². The number of Topliss-reactive ketones (excluding diaryl/α,β-unsaturated/α-hetero) is 1. The van der Waals surface area contributed by atoms with Crippen LogP contribution in [-0.2, 0) is 4.79 Å². The van der Waals surface area contributed by atoms with Crippen molar-refractivity contribution in [2.24, 2.45) is 0 Å². The van der Waals surface area contributed by atoms with Gasteiger partial charge >= 0.3 is 0 Å². The minimum atomic E-state index is 0.257. The summed E-state index contributed by atoms with van der Waals surface area (Å²) in [7, 11) is 0. The highest BCUT2D eigenvalue weighted by Gasteiger charge is 2.16. The van der Waals surface area contributed by atoms with Crippen molar-refractivity contribution < 1.29 is 4.79 Å². The first kappa shape index (κ1) is 6.40. The van der Waals surface area contributed by atoms with Gasteiger partial charge in [0.05, 0.1) is 0 Å². The van der Waals surface area contributed by atoms with Crippen LogP contribution in [0.5, 0.6) is 0 Å². The van der Waals surface area contributed by atoms with E-state index in [0.717, 1.165) is 17.7 Å². The van der Waals surface area contributed by atoms with Crippen LogP contribution in [0, 0.1) is 0 Å². The van der Waals surface area contributed by atoms with Gasteiger partial charge in [0.25, 0.3) is 0 Å². The van der Waals surface area contributed by atoms with E-state index in [1.807, 2.05) is 24.4 Å². The number of H-pyrrole nitrogens is 1. The number of rotatable bonds is 1. The monoisotopic (exact) mass is 147 g/mol. The molecule has 1 aliphatic rings. The molecule has 2 rings (SSSR count). The first-order valence-electron chi connectivity index (χ1n) is 3.75. The van der Waals surface area contributed by atoms with Crippen molar-refractivity contribution in [3.8, 4) is 0 Å². The molecule has 1 aromatic rings. The molecule has 56 valence electrons. The first-order valence-corrected chi connectivity index (χ1v) is 3.75. The number of ketones is 1. The maximum absolute atomic E-state index is 11.2. The second-order valence-corrected chi connectivity index (χ2v) is 2.66. The molecule has 0 aliphatic heterocycles. The zero-order valence-corrected chi connectivity index (χ0v) is 6.13. The van der Waals surface area contributed by atoms with E-state index < -0.39 is 0 Å². The van der Waals surface area contributed by atoms with E-state index in [1.165, 1.54) is 0 Å². The highest BCUT2D eigenvalue weighted by atomic mass is 16.1. The summed E-state index contributed by atoms with van der Waals surface area (Å²) in [4.78, 5) is 14.2. The standard InChI is InChI=1S/C9H9NO/c11-9-5-1-3-7(9)8-4-2-6-10-8/h2-4,6,10H,1,5H2. The smallest absolute Gasteiger partial charge is 0.164 e. The molecule has 0 amide bonds. The van der Waals surface area contributed by atoms with Gasteiger partial charge < -0.3 is 4.98 Å². The van der Waals surface area contributed by atoms with Crippen LogP contribution in [0.2, 0.25) is 0 Å². The molecule has 0 unspecified atom stereocenters. The van der Waals surface area contributed by atoms with Crippen molar-refractivity contribution in [1.29, 1.82) is 0 Å². The third-order valence-electron chi connectivity index (χ3n) is 1.91. The highest BCUT2D eigenvalue weighted by Crippen LogP contribution is 2.22. The summed E-state index contributed by atoms with van der Waals surface area (Å²) in [6, 6.07) is 3.83. The molecule has 0 radical (unpaired) electrons. The minimum absolute atomic E-state index is 0.257. The van der Waals surface area contributed by atoms with Gasteiger partial charge in [0, 0.05) is 23.9 Å². The highest BCUT2D eigenvalue weighted by molar-refractivity contribution is 6.22. The molecule has 0 saturated heterocycles. The number of carbonyl (C=O) groups is 1. The summed E-state index contributed by atoms with van der Waals surface area (Å²) in [6.45, 7) is 0. The number of aromatic amines is 1. The maximum Gasteiger partial charge on any atom is 0.164 e. The SMILES string of the molecule is O=C1CCC=C1c1ccc[nH]1. The molecule has 0 saturated carbocycles. The Balaban J connectivity index is 2.37. The van der Waals surface area contributed by atoms with E-state index in [4.69, 9.17) is 0 Å². The normalized spacial score (nSPS) is 17.1. The van der Waals surface area contributed by atoms with Crippen LogP contribution in [0.15, 0.2) is 24.4 Å². The summed E-state index contributed by atoms with van der Waals surface area (Å²) in [6.07, 6.45) is 5.40. The third kappa shape index (κ3) is 1.00. The lowest BCUT2D eigenvalue weighted by atomic mass is 10.1. The fourth-order valence-electron chi connectivity index (χ4n) is 1.35. The van der Waals surface area contributed by atoms with E-state index in [1.54, 1.807) is 0 Å². The molecule has 1 aliphatic carbocycles. The van der Waals surface area contributed by atoms with E-state index in [9.17, 15) is 4.79 Å². The van der Waals surface area contributed by atoms with Crippen LogP contribution in [-0.4, -0.2) is 10.8 Å². The van der Waals surface area contributed by atoms with Crippen molar-refractivity contribution in [1.82, 2.24) is 4.98 Å². The van der Waals surface area contributed by atoms with Crippen LogP contribution >= 0.6 is 0 Å². The summed E-state index contributed by atoms with van der Waals surface area (Å²) in [5, 5.41) is 0. The van der Waals surface area contributed by atoms with Gasteiger partial charge in [-0.1, -0.05) is 6.08 Å². The van der Waals surface area contributed by atoms with Gasteiger partial charge in [-0.25, -0.2) is 0 Å². The molecule has 1 N–H and O–H groups in total. The van der Waals surface area contributed by atoms with Crippen molar-refractivity contribution in [3.05, 3.63) is 30.1 Å². The molecule has 11 heavy (non-hydrogen) atoms. The average Bonchev–Trinajstić information content (AvgIpc) is 2.55. The zero-order valence-electron chi connectivity index (χ0n) is 6.13. The molecule has 2 nitrogen and oxygen atoms in total. The molecule has 0 spiro atoms. The molecular formula is C9H9NO. The zero-order chi connectivity index (χ0) is 7.68. The molecule has 1 aromatic heterocycles. The number of nitrogens with one attached hydrogen (secondary N) is 1. The maximum atomic E-state index is 11.2. The van der Waals surface area contributed by atoms with Crippen molar-refractivity contribution >= 4 is 11.4 Å². The Hall–Kier alpha value is -1.31. The van der Waals surface area contributed by atoms with Crippen molar-refractivity contribution in [2.75, 3.05) is 0 Å². The summed E-state index contributed by atoms with van der Waals surface area (Å²) >= 11 is 0. The van der Waals surface area contributed by atoms with Gasteiger partial charge in [-0.3, -0.25) is 4.79 Å². The topological polar surface area (TPSA) is 32.9 Å². The fraction of sp³-hybridized carbons (Fsp3) is 0.222. The van der Waals surface area contributed by atoms with Crippen LogP contribution in [0.25, 0.3) is 5.57 Å². The summed E-state index contributed by atoms with van der Waals surface area (Å²) < 4.78 is 0. The van der Waals surface area contributed by atoms with E-state index in [2.05, 4.69) is 4.98 Å². The van der Waals surface area contributed by atoms with Gasteiger partial charge in [0.15, 0.2) is 5.78 Å². The molecule has 1 heterocycles. The largest absolute Gasteiger partial charge is 0.361 e. The fourth-order valence-corrected chi connectivity index (χ4v) is 1.35. The van der Waals surface area contributed by atoms with Crippen LogP contribution < -0.4 is 0 Å². The number of allylic oxidation sites excluding steroid dienone is 2. The van der Waals surface area contributed by atoms with E-state index in [-0.39, 0.29) is 5.78 Å². The molecule has 0 bridgehead atoms. The summed E-state index contributed by atoms with van der Waals surface area (Å²) in [5.41, 5.74) is 1.81. The molecule has 2 heteroatoms. The van der Waals surface area contributed by atoms with Gasteiger partial charge in [0.2, 0.25) is 0 Å². The average molecular weight is 147 g/mol. The van der Waals surface area contributed by atoms with E-state index >= 15 is 0 Å². The Morgan fingerprint density at radius 1 is 1.45 bits per heavy atom. The lowest BCUT2D eigenvalue weighted by molar-refractivity contribution is -0.113. The third-order valence-corrected chi connectivity index (χ3v) is 1.91. The Morgan fingerprint density at radius 3 is 2.91 bits per heavy atom. The van der Waals surface area contributed by atoms with Crippen LogP contribution in [0.3, 0.4) is 0 Å². The van der Waals surface area contributed by atoms with Gasteiger partial charge in [-0.15, -0.1) is 0 Å². The Bertz CT molecular complexity index is 295. The van der Waals surface area contributed by atoms with Crippen LogP contribution in [0.1, 0.15) is 18.5 Å². The second-order valence-electron chi connectivity index (χ2n) is 2.66. The quantitative estimate of drug-likeness (QED) is 0.645. The lowest BCUT2D eigenvalue weighted by Gasteiger charge is -1.94. The minimum Gasteiger partial charge on any atom is -0.361 e. The number of hydrogen-bond acceptors (Lipinski definition) is 1. The Labute approximate surface area is 64.9 Å². The molecule has 0 atom stereocenters. The molecular weight excluding hydrogens is 138 g/mol. The molecule has 0 fully saturated rings. The van der Waals surface area contributed by atoms with Gasteiger partial charge in [-0.2, -0.15) is 0 Å². The predicted molar refractivity (Wildman–Crippen MR) is 43.0 cm³/mol. The van der Waals surface area contributed by atoms with Gasteiger partial charge in [-0.05, 0) is 18.6 Å². The van der Waals surface area contributed by atoms with Crippen molar-refractivity contribution in [2.45, 2.75) is 12.8 Å². The predicted octanol–water partition coefficient (Wildman–Crippen LogP) is 1.76. The van der Waals surface area contributed by atoms with Crippen molar-refractivity contribution in [3.63, 3.8) is 0 Å². The number of carbonyl (C=O) groups excluding carboxylic acids is 1.